The molecule has 1 aliphatic rings. The van der Waals surface area contributed by atoms with Gasteiger partial charge in [0.1, 0.15) is 0 Å². The van der Waals surface area contributed by atoms with Crippen molar-refractivity contribution in [3.63, 3.8) is 0 Å². The first-order chi connectivity index (χ1) is 6.86. The van der Waals surface area contributed by atoms with E-state index < -0.39 is 12.1 Å². The minimum Gasteiger partial charge on any atom is -0.392 e. The molecule has 15 heavy (non-hydrogen) atoms. The summed E-state index contributed by atoms with van der Waals surface area (Å²) in [5, 5.41) is 9.20. The van der Waals surface area contributed by atoms with Crippen molar-refractivity contribution in [3.8, 4) is 0 Å². The number of nitrogens with two attached hydrogens (primary N) is 1. The zero-order chi connectivity index (χ0) is 11.7. The largest absolute Gasteiger partial charge is 0.392 e. The molecule has 0 fully saturated rings. The Morgan fingerprint density at radius 2 is 1.67 bits per heavy atom. The predicted octanol–water partition coefficient (Wildman–Crippen LogP) is -0.600. The van der Waals surface area contributed by atoms with Crippen LogP contribution in [0.1, 0.15) is 20.8 Å². The lowest BCUT2D eigenvalue weighted by Gasteiger charge is -2.21. The second-order valence-corrected chi connectivity index (χ2v) is 3.88. The molecule has 0 radical (unpaired) electrons. The third kappa shape index (κ3) is 2.08. The van der Waals surface area contributed by atoms with Gasteiger partial charge >= 0.3 is 0 Å². The summed E-state index contributed by atoms with van der Waals surface area (Å²) < 4.78 is 0. The Balaban J connectivity index is 2.76. The van der Waals surface area contributed by atoms with E-state index >= 15 is 0 Å². The maximum Gasteiger partial charge on any atom is 0.256 e. The SMILES string of the molecule is CC1=C(C)C(=O)N(CC(N)C(C)O)C1=O. The molecule has 0 spiro atoms. The van der Waals surface area contributed by atoms with Crippen molar-refractivity contribution >= 4 is 11.8 Å². The van der Waals surface area contributed by atoms with E-state index in [1.807, 2.05) is 0 Å². The Kier molecular flexibility index (Phi) is 3.26. The number of carbonyl (C=O) groups is 2. The van der Waals surface area contributed by atoms with E-state index in [2.05, 4.69) is 0 Å². The van der Waals surface area contributed by atoms with Gasteiger partial charge in [-0.25, -0.2) is 0 Å². The Bertz CT molecular complexity index is 310. The van der Waals surface area contributed by atoms with E-state index in [4.69, 9.17) is 5.73 Å². The van der Waals surface area contributed by atoms with Gasteiger partial charge in [0.05, 0.1) is 6.10 Å². The number of amides is 2. The molecule has 5 heteroatoms. The molecule has 0 aromatic heterocycles. The summed E-state index contributed by atoms with van der Waals surface area (Å²) in [5.41, 5.74) is 6.51. The number of hydrogen-bond acceptors (Lipinski definition) is 4. The van der Waals surface area contributed by atoms with E-state index in [1.165, 1.54) is 6.92 Å². The van der Waals surface area contributed by atoms with E-state index in [-0.39, 0.29) is 18.4 Å². The fraction of sp³-hybridized carbons (Fsp3) is 0.600. The molecule has 0 saturated carbocycles. The van der Waals surface area contributed by atoms with Crippen LogP contribution < -0.4 is 5.73 Å². The fourth-order valence-corrected chi connectivity index (χ4v) is 1.35. The molecule has 84 valence electrons. The van der Waals surface area contributed by atoms with Gasteiger partial charge in [0, 0.05) is 23.7 Å². The van der Waals surface area contributed by atoms with Crippen LogP contribution in [0.15, 0.2) is 11.1 Å². The topological polar surface area (TPSA) is 83.6 Å². The number of rotatable bonds is 3. The normalized spacial score (nSPS) is 21.3. The average molecular weight is 212 g/mol. The first kappa shape index (κ1) is 11.9. The highest BCUT2D eigenvalue weighted by atomic mass is 16.3. The van der Waals surface area contributed by atoms with Crippen molar-refractivity contribution in [2.24, 2.45) is 5.73 Å². The van der Waals surface area contributed by atoms with Crippen LogP contribution in [-0.4, -0.2) is 40.5 Å². The van der Waals surface area contributed by atoms with E-state index in [0.717, 1.165) is 4.90 Å². The van der Waals surface area contributed by atoms with Crippen LogP contribution >= 0.6 is 0 Å². The Morgan fingerprint density at radius 3 is 2.00 bits per heavy atom. The van der Waals surface area contributed by atoms with Crippen LogP contribution in [0.4, 0.5) is 0 Å². The summed E-state index contributed by atoms with van der Waals surface area (Å²) in [5.74, 6) is -0.623. The fourth-order valence-electron chi connectivity index (χ4n) is 1.35. The van der Waals surface area contributed by atoms with Crippen molar-refractivity contribution in [3.05, 3.63) is 11.1 Å². The summed E-state index contributed by atoms with van der Waals surface area (Å²) in [6.07, 6.45) is -0.744. The minimum atomic E-state index is -0.744. The molecule has 3 N–H and O–H groups in total. The molecule has 1 rings (SSSR count). The van der Waals surface area contributed by atoms with E-state index in [1.54, 1.807) is 13.8 Å². The first-order valence-electron chi connectivity index (χ1n) is 4.83. The standard InChI is InChI=1S/C10H16N2O3/c1-5-6(2)10(15)12(9(5)14)4-8(11)7(3)13/h7-8,13H,4,11H2,1-3H3. The third-order valence-electron chi connectivity index (χ3n) is 2.71. The highest BCUT2D eigenvalue weighted by molar-refractivity contribution is 6.18. The third-order valence-corrected chi connectivity index (χ3v) is 2.71. The number of nitrogens with zero attached hydrogens (tertiary/aromatic N) is 1. The molecule has 2 atom stereocenters. The van der Waals surface area contributed by atoms with Gasteiger partial charge in [0.25, 0.3) is 11.8 Å². The second kappa shape index (κ2) is 4.12. The molecule has 1 aliphatic heterocycles. The molecule has 0 aromatic carbocycles. The average Bonchev–Trinajstić information content (AvgIpc) is 2.35. The van der Waals surface area contributed by atoms with Crippen molar-refractivity contribution < 1.29 is 14.7 Å². The molecule has 2 unspecified atom stereocenters. The zero-order valence-corrected chi connectivity index (χ0v) is 9.15. The monoisotopic (exact) mass is 212 g/mol. The molecular formula is C10H16N2O3. The van der Waals surface area contributed by atoms with Crippen molar-refractivity contribution in [1.29, 1.82) is 0 Å². The van der Waals surface area contributed by atoms with Gasteiger partial charge in [-0.3, -0.25) is 14.5 Å². The van der Waals surface area contributed by atoms with Gasteiger partial charge in [-0.1, -0.05) is 0 Å². The molecular weight excluding hydrogens is 196 g/mol. The lowest BCUT2D eigenvalue weighted by Crippen LogP contribution is -2.46. The highest BCUT2D eigenvalue weighted by Crippen LogP contribution is 2.19. The first-order valence-corrected chi connectivity index (χ1v) is 4.83. The lowest BCUT2D eigenvalue weighted by atomic mass is 10.2. The van der Waals surface area contributed by atoms with Crippen LogP contribution in [0, 0.1) is 0 Å². The molecule has 1 heterocycles. The Morgan fingerprint density at radius 1 is 1.27 bits per heavy atom. The van der Waals surface area contributed by atoms with Crippen molar-refractivity contribution in [1.82, 2.24) is 4.90 Å². The zero-order valence-electron chi connectivity index (χ0n) is 9.15. The maximum absolute atomic E-state index is 11.6. The Labute approximate surface area is 88.5 Å². The number of aliphatic hydroxyl groups excluding tert-OH is 1. The quantitative estimate of drug-likeness (QED) is 0.612. The van der Waals surface area contributed by atoms with E-state index in [0.29, 0.717) is 11.1 Å². The van der Waals surface area contributed by atoms with Gasteiger partial charge in [-0.15, -0.1) is 0 Å². The van der Waals surface area contributed by atoms with Gasteiger partial charge < -0.3 is 10.8 Å². The molecule has 0 aliphatic carbocycles. The predicted molar refractivity (Wildman–Crippen MR) is 54.8 cm³/mol. The van der Waals surface area contributed by atoms with Gasteiger partial charge in [-0.05, 0) is 20.8 Å². The van der Waals surface area contributed by atoms with Crippen LogP contribution in [0.25, 0.3) is 0 Å². The van der Waals surface area contributed by atoms with Gasteiger partial charge in [0.2, 0.25) is 0 Å². The smallest absolute Gasteiger partial charge is 0.256 e. The molecule has 2 amide bonds. The number of carbonyl (C=O) groups excluding carboxylic acids is 2. The summed E-state index contributed by atoms with van der Waals surface area (Å²) >= 11 is 0. The summed E-state index contributed by atoms with van der Waals surface area (Å²) in [6, 6.07) is -0.600. The minimum absolute atomic E-state index is 0.0595. The molecule has 0 aromatic rings. The van der Waals surface area contributed by atoms with Crippen molar-refractivity contribution in [2.75, 3.05) is 6.54 Å². The molecule has 5 nitrogen and oxygen atoms in total. The maximum atomic E-state index is 11.6. The van der Waals surface area contributed by atoms with Crippen LogP contribution in [0.5, 0.6) is 0 Å². The highest BCUT2D eigenvalue weighted by Gasteiger charge is 2.34. The number of aliphatic hydroxyl groups is 1. The summed E-state index contributed by atoms with van der Waals surface area (Å²) in [7, 11) is 0. The molecule has 0 bridgehead atoms. The van der Waals surface area contributed by atoms with Crippen LogP contribution in [-0.2, 0) is 9.59 Å². The van der Waals surface area contributed by atoms with Gasteiger partial charge in [0.15, 0.2) is 0 Å². The van der Waals surface area contributed by atoms with Crippen LogP contribution in [0.2, 0.25) is 0 Å². The lowest BCUT2D eigenvalue weighted by molar-refractivity contribution is -0.138. The Hall–Kier alpha value is -1.20. The molecule has 0 saturated heterocycles. The summed E-state index contributed by atoms with van der Waals surface area (Å²) in [4.78, 5) is 24.3. The second-order valence-electron chi connectivity index (χ2n) is 3.88. The number of imide groups is 1. The summed E-state index contributed by atoms with van der Waals surface area (Å²) in [6.45, 7) is 4.82. The van der Waals surface area contributed by atoms with E-state index in [9.17, 15) is 14.7 Å². The van der Waals surface area contributed by atoms with Gasteiger partial charge in [-0.2, -0.15) is 0 Å². The van der Waals surface area contributed by atoms with Crippen molar-refractivity contribution in [2.45, 2.75) is 32.9 Å². The number of hydrogen-bond donors (Lipinski definition) is 2. The van der Waals surface area contributed by atoms with Crippen LogP contribution in [0.3, 0.4) is 0 Å².